The Morgan fingerprint density at radius 3 is 2.42 bits per heavy atom. The van der Waals surface area contributed by atoms with Gasteiger partial charge < -0.3 is 5.32 Å². The molecule has 0 radical (unpaired) electrons. The molecule has 1 N–H and O–H groups in total. The third-order valence-electron chi connectivity index (χ3n) is 3.69. The molecule has 108 valence electrons. The number of hydrogen-bond donors (Lipinski definition) is 1. The maximum Gasteiger partial charge on any atom is 0.202 e. The Morgan fingerprint density at radius 1 is 1.05 bits per heavy atom. The highest BCUT2D eigenvalue weighted by Gasteiger charge is 2.27. The normalized spacial score (nSPS) is 14.8. The summed E-state index contributed by atoms with van der Waals surface area (Å²) in [5.41, 5.74) is 0. The van der Waals surface area contributed by atoms with Crippen LogP contribution in [0.2, 0.25) is 0 Å². The average molecular weight is 281 g/mol. The van der Waals surface area contributed by atoms with E-state index in [9.17, 15) is 0 Å². The first-order chi connectivity index (χ1) is 9.40. The van der Waals surface area contributed by atoms with Gasteiger partial charge in [0.05, 0.1) is 0 Å². The Balaban J connectivity index is 1.43. The molecule has 0 amide bonds. The molecule has 0 aliphatic heterocycles. The van der Waals surface area contributed by atoms with Gasteiger partial charge >= 0.3 is 0 Å². The van der Waals surface area contributed by atoms with Gasteiger partial charge in [-0.1, -0.05) is 51.9 Å². The Hall–Kier alpha value is -0.640. The standard InChI is InChI=1S/C15H27N3S/c1-2-3-4-5-6-7-8-9-12-16-15-17-14(18-19-15)13-10-11-13/h13H,2-12H2,1H3,(H,16,17,18). The Morgan fingerprint density at radius 2 is 1.74 bits per heavy atom. The molecule has 19 heavy (non-hydrogen) atoms. The van der Waals surface area contributed by atoms with Crippen molar-refractivity contribution in [3.05, 3.63) is 5.82 Å². The number of aromatic nitrogens is 2. The summed E-state index contributed by atoms with van der Waals surface area (Å²) < 4.78 is 4.40. The number of unbranched alkanes of at least 4 members (excludes halogenated alkanes) is 7. The lowest BCUT2D eigenvalue weighted by atomic mass is 10.1. The summed E-state index contributed by atoms with van der Waals surface area (Å²) in [7, 11) is 0. The van der Waals surface area contributed by atoms with Crippen molar-refractivity contribution in [1.82, 2.24) is 9.36 Å². The van der Waals surface area contributed by atoms with Crippen LogP contribution in [0, 0.1) is 0 Å². The van der Waals surface area contributed by atoms with E-state index in [1.165, 1.54) is 75.7 Å². The van der Waals surface area contributed by atoms with E-state index in [0.29, 0.717) is 5.92 Å². The molecule has 0 aromatic carbocycles. The van der Waals surface area contributed by atoms with E-state index in [4.69, 9.17) is 0 Å². The van der Waals surface area contributed by atoms with E-state index >= 15 is 0 Å². The average Bonchev–Trinajstić information content (AvgIpc) is 3.17. The molecule has 1 aliphatic rings. The van der Waals surface area contributed by atoms with Crippen molar-refractivity contribution < 1.29 is 0 Å². The van der Waals surface area contributed by atoms with Crippen LogP contribution in [0.5, 0.6) is 0 Å². The fourth-order valence-electron chi connectivity index (χ4n) is 2.27. The highest BCUT2D eigenvalue weighted by atomic mass is 32.1. The van der Waals surface area contributed by atoms with Crippen molar-refractivity contribution in [2.75, 3.05) is 11.9 Å². The predicted octanol–water partition coefficient (Wildman–Crippen LogP) is 4.97. The third kappa shape index (κ3) is 5.89. The highest BCUT2D eigenvalue weighted by molar-refractivity contribution is 7.09. The van der Waals surface area contributed by atoms with Gasteiger partial charge in [0, 0.05) is 24.0 Å². The fourth-order valence-corrected chi connectivity index (χ4v) is 2.94. The second-order valence-corrected chi connectivity index (χ2v) is 6.39. The molecule has 2 rings (SSSR count). The number of nitrogens with one attached hydrogen (secondary N) is 1. The second kappa shape index (κ2) is 8.51. The minimum Gasteiger partial charge on any atom is -0.360 e. The molecule has 1 aliphatic carbocycles. The molecular formula is C15H27N3S. The minimum atomic E-state index is 0.676. The van der Waals surface area contributed by atoms with Crippen LogP contribution in [-0.4, -0.2) is 15.9 Å². The number of hydrogen-bond acceptors (Lipinski definition) is 4. The first-order valence-corrected chi connectivity index (χ1v) is 8.75. The molecule has 1 saturated carbocycles. The Kier molecular flexibility index (Phi) is 6.62. The maximum atomic E-state index is 4.54. The van der Waals surface area contributed by atoms with Crippen LogP contribution in [0.3, 0.4) is 0 Å². The lowest BCUT2D eigenvalue weighted by Crippen LogP contribution is -2.01. The van der Waals surface area contributed by atoms with Crippen LogP contribution >= 0.6 is 11.5 Å². The zero-order chi connectivity index (χ0) is 13.3. The quantitative estimate of drug-likeness (QED) is 0.582. The summed E-state index contributed by atoms with van der Waals surface area (Å²) in [6.07, 6.45) is 13.5. The van der Waals surface area contributed by atoms with E-state index in [0.717, 1.165) is 17.5 Å². The molecule has 1 heterocycles. The van der Waals surface area contributed by atoms with Crippen LogP contribution in [0.25, 0.3) is 0 Å². The zero-order valence-corrected chi connectivity index (χ0v) is 13.0. The zero-order valence-electron chi connectivity index (χ0n) is 12.2. The van der Waals surface area contributed by atoms with Crippen molar-refractivity contribution >= 4 is 16.7 Å². The topological polar surface area (TPSA) is 37.8 Å². The molecule has 0 unspecified atom stereocenters. The Bertz CT molecular complexity index is 347. The molecule has 0 spiro atoms. The number of anilines is 1. The Labute approximate surface area is 121 Å². The first-order valence-electron chi connectivity index (χ1n) is 7.97. The summed E-state index contributed by atoms with van der Waals surface area (Å²) in [4.78, 5) is 4.54. The van der Waals surface area contributed by atoms with E-state index < -0.39 is 0 Å². The van der Waals surface area contributed by atoms with Gasteiger partial charge in [0.15, 0.2) is 0 Å². The van der Waals surface area contributed by atoms with Gasteiger partial charge in [-0.2, -0.15) is 4.37 Å². The van der Waals surface area contributed by atoms with Gasteiger partial charge in [0.2, 0.25) is 5.13 Å². The molecule has 4 heteroatoms. The molecular weight excluding hydrogens is 254 g/mol. The van der Waals surface area contributed by atoms with E-state index in [1.54, 1.807) is 0 Å². The van der Waals surface area contributed by atoms with Gasteiger partial charge in [0.25, 0.3) is 0 Å². The lowest BCUT2D eigenvalue weighted by molar-refractivity contribution is 0.581. The summed E-state index contributed by atoms with van der Waals surface area (Å²) in [5.74, 6) is 1.75. The van der Waals surface area contributed by atoms with Crippen molar-refractivity contribution in [3.63, 3.8) is 0 Å². The third-order valence-corrected chi connectivity index (χ3v) is 4.38. The monoisotopic (exact) mass is 281 g/mol. The number of nitrogens with zero attached hydrogens (tertiary/aromatic N) is 2. The molecule has 1 aromatic heterocycles. The van der Waals surface area contributed by atoms with Crippen LogP contribution in [0.1, 0.15) is 82.9 Å². The molecule has 0 saturated heterocycles. The molecule has 1 aromatic rings. The van der Waals surface area contributed by atoms with E-state index in [2.05, 4.69) is 21.6 Å². The smallest absolute Gasteiger partial charge is 0.202 e. The molecule has 0 atom stereocenters. The van der Waals surface area contributed by atoms with Crippen LogP contribution in [0.15, 0.2) is 0 Å². The number of rotatable bonds is 11. The van der Waals surface area contributed by atoms with Gasteiger partial charge in [-0.15, -0.1) is 0 Å². The molecule has 1 fully saturated rings. The first kappa shape index (κ1) is 14.8. The SMILES string of the molecule is CCCCCCCCCCNc1nc(C2CC2)ns1. The van der Waals surface area contributed by atoms with Crippen LogP contribution in [-0.2, 0) is 0 Å². The van der Waals surface area contributed by atoms with Crippen LogP contribution in [0.4, 0.5) is 5.13 Å². The maximum absolute atomic E-state index is 4.54. The van der Waals surface area contributed by atoms with Crippen molar-refractivity contribution in [3.8, 4) is 0 Å². The molecule has 0 bridgehead atoms. The largest absolute Gasteiger partial charge is 0.360 e. The van der Waals surface area contributed by atoms with Gasteiger partial charge in [0.1, 0.15) is 5.82 Å². The van der Waals surface area contributed by atoms with Crippen molar-refractivity contribution in [2.45, 2.75) is 77.0 Å². The van der Waals surface area contributed by atoms with Crippen molar-refractivity contribution in [2.24, 2.45) is 0 Å². The van der Waals surface area contributed by atoms with Crippen LogP contribution < -0.4 is 5.32 Å². The van der Waals surface area contributed by atoms with Crippen molar-refractivity contribution in [1.29, 1.82) is 0 Å². The summed E-state index contributed by atoms with van der Waals surface area (Å²) >= 11 is 1.52. The molecule has 3 nitrogen and oxygen atoms in total. The highest BCUT2D eigenvalue weighted by Crippen LogP contribution is 2.39. The predicted molar refractivity (Wildman–Crippen MR) is 83.0 cm³/mol. The van der Waals surface area contributed by atoms with Gasteiger partial charge in [-0.25, -0.2) is 4.98 Å². The van der Waals surface area contributed by atoms with E-state index in [1.807, 2.05) is 0 Å². The lowest BCUT2D eigenvalue weighted by Gasteiger charge is -2.02. The van der Waals surface area contributed by atoms with Gasteiger partial charge in [-0.05, 0) is 19.3 Å². The van der Waals surface area contributed by atoms with Gasteiger partial charge in [-0.3, -0.25) is 0 Å². The summed E-state index contributed by atoms with van der Waals surface area (Å²) in [6.45, 7) is 3.32. The minimum absolute atomic E-state index is 0.676. The summed E-state index contributed by atoms with van der Waals surface area (Å²) in [5, 5.41) is 4.42. The van der Waals surface area contributed by atoms with E-state index in [-0.39, 0.29) is 0 Å². The second-order valence-electron chi connectivity index (χ2n) is 5.63. The fraction of sp³-hybridized carbons (Fsp3) is 0.867. The summed E-state index contributed by atoms with van der Waals surface area (Å²) in [6, 6.07) is 0.